The van der Waals surface area contributed by atoms with Crippen LogP contribution in [0, 0.1) is 46.9 Å². The number of rotatable bonds is 0. The van der Waals surface area contributed by atoms with Gasteiger partial charge < -0.3 is 0 Å². The van der Waals surface area contributed by atoms with E-state index in [4.69, 9.17) is 0 Å². The van der Waals surface area contributed by atoms with Gasteiger partial charge in [-0.2, -0.15) is 0 Å². The molecule has 0 aromatic carbocycles. The summed E-state index contributed by atoms with van der Waals surface area (Å²) in [7, 11) is 0. The summed E-state index contributed by atoms with van der Waals surface area (Å²) in [5, 5.41) is 0. The maximum Gasteiger partial charge on any atom is 0 e. The minimum absolute atomic E-state index is 0. The van der Waals surface area contributed by atoms with E-state index in [0.29, 0.717) is 0 Å². The van der Waals surface area contributed by atoms with E-state index in [0.717, 1.165) is 0 Å². The minimum Gasteiger partial charge on any atom is -0.269 e. The monoisotopic (exact) mass is 343 g/mol. The van der Waals surface area contributed by atoms with E-state index < -0.39 is 0 Å². The van der Waals surface area contributed by atoms with Gasteiger partial charge in [0.1, 0.15) is 0 Å². The molecular weight excluding hydrogens is 338 g/mol. The summed E-state index contributed by atoms with van der Waals surface area (Å²) >= 11 is 0. The number of hydrogen-bond acceptors (Lipinski definition) is 0. The molecule has 0 nitrogen and oxygen atoms in total. The van der Waals surface area contributed by atoms with Crippen molar-refractivity contribution in [1.82, 2.24) is 0 Å². The summed E-state index contributed by atoms with van der Waals surface area (Å²) in [6.45, 7) is 0. The van der Waals surface area contributed by atoms with Crippen LogP contribution in [0.15, 0.2) is 0 Å². The van der Waals surface area contributed by atoms with Gasteiger partial charge in [0.05, 0.1) is 0 Å². The molecule has 49 valence electrons. The minimum atomic E-state index is 0. The maximum absolute atomic E-state index is 0. The molecule has 0 aliphatic carbocycles. The van der Waals surface area contributed by atoms with E-state index in [-0.39, 0.29) is 98.5 Å². The second-order valence-corrected chi connectivity index (χ2v) is 0. The fourth-order valence-electron chi connectivity index (χ4n) is 0. The Balaban J connectivity index is 0. The molecule has 0 atom stereocenters. The van der Waals surface area contributed by atoms with Crippen LogP contribution in [0.1, 0.15) is 0 Å². The van der Waals surface area contributed by atoms with Crippen molar-refractivity contribution < 1.29 is 98.5 Å². The van der Waals surface area contributed by atoms with Crippen LogP contribution in [0.25, 0.3) is 0 Å². The van der Waals surface area contributed by atoms with Gasteiger partial charge in [-0.3, -0.25) is 18.8 Å². The number of hydrogen-bond donors (Lipinski definition) is 0. The van der Waals surface area contributed by atoms with Crippen molar-refractivity contribution in [1.29, 1.82) is 0 Å². The van der Waals surface area contributed by atoms with Gasteiger partial charge in [-0.05, 0) is 0 Å². The Labute approximate surface area is 96.4 Å². The summed E-state index contributed by atoms with van der Waals surface area (Å²) in [5.41, 5.74) is 0. The maximum atomic E-state index is 0. The molecule has 0 aromatic heterocycles. The molecule has 6 heavy (non-hydrogen) atoms. The molecule has 0 rings (SSSR count). The fourth-order valence-corrected chi connectivity index (χ4v) is 0. The van der Waals surface area contributed by atoms with Gasteiger partial charge in [-0.25, -0.2) is 0 Å². The topological polar surface area (TPSA) is 0 Å². The molecule has 0 unspecified atom stereocenters. The molecule has 0 saturated heterocycles. The first-order valence-electron chi connectivity index (χ1n) is 0. The van der Waals surface area contributed by atoms with E-state index in [1.54, 1.807) is 0 Å². The molecule has 0 amide bonds. The molecule has 0 saturated carbocycles. The molecule has 0 aliphatic heterocycles. The third kappa shape index (κ3) is 33.0. The predicted molar refractivity (Wildman–Crippen MR) is 10.0 cm³/mol. The van der Waals surface area contributed by atoms with Crippen LogP contribution in [-0.4, -0.2) is 0 Å². The van der Waals surface area contributed by atoms with Crippen LogP contribution in [0.5, 0.6) is 0 Å². The van der Waals surface area contributed by atoms with Crippen molar-refractivity contribution in [2.75, 3.05) is 0 Å². The Morgan fingerprint density at radius 2 is 0.500 bits per heavy atom. The van der Waals surface area contributed by atoms with Crippen LogP contribution in [0.4, 0.5) is 18.8 Å². The van der Waals surface area contributed by atoms with Crippen LogP contribution in [0.2, 0.25) is 0 Å². The van der Waals surface area contributed by atoms with E-state index in [1.165, 1.54) is 0 Å². The van der Waals surface area contributed by atoms with E-state index in [9.17, 15) is 0 Å². The molecule has 0 N–H and O–H groups in total. The summed E-state index contributed by atoms with van der Waals surface area (Å²) in [6, 6.07) is 0. The molecule has 6 heteroatoms. The first-order chi connectivity index (χ1) is 0. The molecule has 0 bridgehead atoms. The smallest absolute Gasteiger partial charge is 0 e. The summed E-state index contributed by atoms with van der Waals surface area (Å²) in [4.78, 5) is 0. The third-order valence-electron chi connectivity index (χ3n) is 0. The third-order valence-corrected chi connectivity index (χ3v) is 0. The van der Waals surface area contributed by atoms with Gasteiger partial charge in [0, 0.05) is 79.6 Å². The first-order valence-corrected chi connectivity index (χ1v) is 0. The van der Waals surface area contributed by atoms with Crippen molar-refractivity contribution in [3.8, 4) is 0 Å². The second-order valence-electron chi connectivity index (χ2n) is 0. The average Bonchev–Trinajstić information content (AvgIpc) is 0. The summed E-state index contributed by atoms with van der Waals surface area (Å²) in [6.07, 6.45) is 0. The standard InChI is InChI=1S/4FH.Y.Yb/h4*1H;;. The van der Waals surface area contributed by atoms with Crippen LogP contribution in [-0.2, 0) is 32.7 Å². The van der Waals surface area contributed by atoms with Crippen LogP contribution < -0.4 is 0 Å². The largest absolute Gasteiger partial charge is 0.269 e. The van der Waals surface area contributed by atoms with Gasteiger partial charge in [-0.15, -0.1) is 0 Å². The second kappa shape index (κ2) is 53.8. The fraction of sp³-hybridized carbons (Fsp3) is 0. The van der Waals surface area contributed by atoms with Gasteiger partial charge in [-0.1, -0.05) is 0 Å². The van der Waals surface area contributed by atoms with Gasteiger partial charge in [0.2, 0.25) is 0 Å². The molecule has 0 aromatic rings. The Bertz CT molecular complexity index is 7.51. The summed E-state index contributed by atoms with van der Waals surface area (Å²) < 4.78 is 0. The quantitative estimate of drug-likeness (QED) is 0.566. The zero-order chi connectivity index (χ0) is 0. The normalized spacial score (nSPS) is 0. The van der Waals surface area contributed by atoms with Gasteiger partial charge in [0.15, 0.2) is 0 Å². The zero-order valence-electron chi connectivity index (χ0n) is 2.48. The van der Waals surface area contributed by atoms with Crippen molar-refractivity contribution in [2.24, 2.45) is 0 Å². The van der Waals surface area contributed by atoms with Gasteiger partial charge in [0.25, 0.3) is 0 Å². The molecular formula is H4F4YYb. The zero-order valence-corrected chi connectivity index (χ0v) is 7.03. The van der Waals surface area contributed by atoms with Crippen LogP contribution in [0.3, 0.4) is 0 Å². The summed E-state index contributed by atoms with van der Waals surface area (Å²) in [5.74, 6) is 0. The Hall–Kier alpha value is 2.34. The van der Waals surface area contributed by atoms with Crippen molar-refractivity contribution in [3.63, 3.8) is 0 Å². The molecule has 0 aliphatic rings. The van der Waals surface area contributed by atoms with E-state index in [2.05, 4.69) is 0 Å². The number of halogens is 4. The van der Waals surface area contributed by atoms with Crippen molar-refractivity contribution in [2.45, 2.75) is 0 Å². The van der Waals surface area contributed by atoms with Crippen molar-refractivity contribution >= 4 is 0 Å². The van der Waals surface area contributed by atoms with Gasteiger partial charge >= 0.3 is 0 Å². The van der Waals surface area contributed by atoms with Crippen molar-refractivity contribution in [3.05, 3.63) is 0 Å². The van der Waals surface area contributed by atoms with E-state index in [1.807, 2.05) is 0 Å². The van der Waals surface area contributed by atoms with Crippen LogP contribution >= 0.6 is 0 Å². The SMILES string of the molecule is F.F.F.F.[Y].[Yb]. The Kier molecular flexibility index (Phi) is 735. The Morgan fingerprint density at radius 3 is 0.500 bits per heavy atom. The molecule has 0 spiro atoms. The van der Waals surface area contributed by atoms with E-state index >= 15 is 0 Å². The molecule has 1 radical (unpaired) electrons. The Morgan fingerprint density at radius 1 is 0.500 bits per heavy atom. The average molecular weight is 342 g/mol. The predicted octanol–water partition coefficient (Wildman–Crippen LogP) is 0.607. The molecule has 0 heterocycles. The first kappa shape index (κ1) is 81.9. The molecule has 0 fully saturated rings.